The summed E-state index contributed by atoms with van der Waals surface area (Å²) < 4.78 is 5.22. The number of ether oxygens (including phenoxy) is 1. The van der Waals surface area contributed by atoms with Crippen molar-refractivity contribution in [2.24, 2.45) is 10.7 Å². The summed E-state index contributed by atoms with van der Waals surface area (Å²) in [6.07, 6.45) is 0. The van der Waals surface area contributed by atoms with Gasteiger partial charge in [-0.2, -0.15) is 0 Å². The fraction of sp³-hybridized carbons (Fsp3) is 0.158. The number of hydrogen-bond acceptors (Lipinski definition) is 6. The molecule has 9 heteroatoms. The largest absolute Gasteiger partial charge is 0.484 e. The Bertz CT molecular complexity index is 929. The first-order valence-corrected chi connectivity index (χ1v) is 8.50. The number of rotatable bonds is 6. The number of benzene rings is 2. The fourth-order valence-corrected chi connectivity index (χ4v) is 2.51. The third kappa shape index (κ3) is 4.44. The SMILES string of the molecule is CC1N=C(C(=O)Nc2cccc(OCC(N)=O)c2)NN(c2ccccc2)C1=O. The monoisotopic (exact) mass is 381 g/mol. The molecule has 0 fully saturated rings. The molecule has 4 N–H and O–H groups in total. The number of anilines is 2. The van der Waals surface area contributed by atoms with Crippen LogP contribution in [0.15, 0.2) is 59.6 Å². The van der Waals surface area contributed by atoms with Gasteiger partial charge in [0.25, 0.3) is 17.7 Å². The van der Waals surface area contributed by atoms with E-state index in [0.29, 0.717) is 17.1 Å². The van der Waals surface area contributed by atoms with E-state index in [-0.39, 0.29) is 18.3 Å². The van der Waals surface area contributed by atoms with Gasteiger partial charge in [-0.25, -0.2) is 10.0 Å². The van der Waals surface area contributed by atoms with Crippen molar-refractivity contribution in [3.63, 3.8) is 0 Å². The maximum absolute atomic E-state index is 12.6. The molecule has 0 aromatic heterocycles. The maximum atomic E-state index is 12.6. The second-order valence-electron chi connectivity index (χ2n) is 6.01. The van der Waals surface area contributed by atoms with Gasteiger partial charge in [0.1, 0.15) is 11.8 Å². The summed E-state index contributed by atoms with van der Waals surface area (Å²) >= 11 is 0. The highest BCUT2D eigenvalue weighted by molar-refractivity contribution is 6.43. The number of hydrogen-bond donors (Lipinski definition) is 3. The van der Waals surface area contributed by atoms with Crippen LogP contribution in [0.5, 0.6) is 5.75 Å². The van der Waals surface area contributed by atoms with Crippen LogP contribution in [0, 0.1) is 0 Å². The van der Waals surface area contributed by atoms with Crippen LogP contribution >= 0.6 is 0 Å². The Balaban J connectivity index is 1.73. The number of hydrazine groups is 1. The van der Waals surface area contributed by atoms with Crippen LogP contribution in [0.4, 0.5) is 11.4 Å². The molecule has 9 nitrogen and oxygen atoms in total. The normalized spacial score (nSPS) is 16.0. The third-order valence-electron chi connectivity index (χ3n) is 3.82. The van der Waals surface area contributed by atoms with Crippen molar-refractivity contribution in [1.29, 1.82) is 0 Å². The average molecular weight is 381 g/mol. The van der Waals surface area contributed by atoms with Crippen LogP contribution in [-0.4, -0.2) is 36.2 Å². The van der Waals surface area contributed by atoms with E-state index in [9.17, 15) is 14.4 Å². The van der Waals surface area contributed by atoms with Crippen LogP contribution in [0.3, 0.4) is 0 Å². The summed E-state index contributed by atoms with van der Waals surface area (Å²) in [5, 5.41) is 3.97. The topological polar surface area (TPSA) is 126 Å². The molecule has 1 aliphatic heterocycles. The molecule has 0 aliphatic carbocycles. The molecule has 1 aliphatic rings. The van der Waals surface area contributed by atoms with E-state index in [1.165, 1.54) is 5.01 Å². The quantitative estimate of drug-likeness (QED) is 0.683. The minimum atomic E-state index is -0.715. The highest BCUT2D eigenvalue weighted by Gasteiger charge is 2.30. The number of nitrogens with two attached hydrogens (primary N) is 1. The van der Waals surface area contributed by atoms with Gasteiger partial charge in [0.05, 0.1) is 5.69 Å². The Morgan fingerprint density at radius 3 is 2.68 bits per heavy atom. The number of carbonyl (C=O) groups excluding carboxylic acids is 3. The summed E-state index contributed by atoms with van der Waals surface area (Å²) in [7, 11) is 0. The highest BCUT2D eigenvalue weighted by Crippen LogP contribution is 2.19. The van der Waals surface area contributed by atoms with Gasteiger partial charge in [-0.05, 0) is 31.2 Å². The molecule has 3 amide bonds. The minimum Gasteiger partial charge on any atom is -0.484 e. The van der Waals surface area contributed by atoms with Gasteiger partial charge < -0.3 is 15.8 Å². The third-order valence-corrected chi connectivity index (χ3v) is 3.82. The van der Waals surface area contributed by atoms with Crippen LogP contribution < -0.4 is 26.2 Å². The molecule has 1 heterocycles. The summed E-state index contributed by atoms with van der Waals surface area (Å²) in [6.45, 7) is 1.35. The molecule has 2 aromatic rings. The van der Waals surface area contributed by atoms with Gasteiger partial charge in [-0.3, -0.25) is 19.8 Å². The molecule has 1 atom stereocenters. The molecule has 28 heavy (non-hydrogen) atoms. The second-order valence-corrected chi connectivity index (χ2v) is 6.01. The molecule has 0 spiro atoms. The molecule has 1 unspecified atom stereocenters. The lowest BCUT2D eigenvalue weighted by Crippen LogP contribution is -2.57. The van der Waals surface area contributed by atoms with Gasteiger partial charge in [-0.15, -0.1) is 0 Å². The summed E-state index contributed by atoms with van der Waals surface area (Å²) in [4.78, 5) is 40.0. The first-order chi connectivity index (χ1) is 13.4. The van der Waals surface area contributed by atoms with Crippen molar-refractivity contribution >= 4 is 34.9 Å². The number of para-hydroxylation sites is 1. The summed E-state index contributed by atoms with van der Waals surface area (Å²) in [6, 6.07) is 14.7. The Labute approximate surface area is 161 Å². The Morgan fingerprint density at radius 2 is 1.96 bits per heavy atom. The van der Waals surface area contributed by atoms with E-state index in [0.717, 1.165) is 0 Å². The van der Waals surface area contributed by atoms with Gasteiger partial charge in [-0.1, -0.05) is 24.3 Å². The van der Waals surface area contributed by atoms with E-state index >= 15 is 0 Å². The van der Waals surface area contributed by atoms with E-state index in [4.69, 9.17) is 10.5 Å². The van der Waals surface area contributed by atoms with E-state index in [2.05, 4.69) is 15.7 Å². The van der Waals surface area contributed by atoms with Gasteiger partial charge in [0, 0.05) is 11.8 Å². The number of primary amides is 1. The number of carbonyl (C=O) groups is 3. The van der Waals surface area contributed by atoms with Gasteiger partial charge >= 0.3 is 0 Å². The zero-order valence-corrected chi connectivity index (χ0v) is 15.1. The Hall–Kier alpha value is -3.88. The van der Waals surface area contributed by atoms with Crippen molar-refractivity contribution in [2.75, 3.05) is 16.9 Å². The lowest BCUT2D eigenvalue weighted by Gasteiger charge is -2.30. The van der Waals surface area contributed by atoms with Crippen molar-refractivity contribution in [3.05, 3.63) is 54.6 Å². The van der Waals surface area contributed by atoms with Crippen molar-refractivity contribution < 1.29 is 19.1 Å². The molecular weight excluding hydrogens is 362 g/mol. The predicted octanol–water partition coefficient (Wildman–Crippen LogP) is 0.828. The molecule has 3 rings (SSSR count). The first-order valence-electron chi connectivity index (χ1n) is 8.50. The molecule has 0 radical (unpaired) electrons. The van der Waals surface area contributed by atoms with Crippen LogP contribution in [0.1, 0.15) is 6.92 Å². The molecule has 0 saturated heterocycles. The summed E-state index contributed by atoms with van der Waals surface area (Å²) in [5.41, 5.74) is 8.84. The zero-order valence-electron chi connectivity index (χ0n) is 15.1. The van der Waals surface area contributed by atoms with E-state index < -0.39 is 17.9 Å². The molecule has 0 bridgehead atoms. The standard InChI is InChI=1S/C19H19N5O4/c1-12-19(27)24(14-7-3-2-4-8-14)23-17(21-12)18(26)22-13-6-5-9-15(10-13)28-11-16(20)25/h2-10,12H,11H2,1H3,(H2,20,25)(H,21,23)(H,22,26). The van der Waals surface area contributed by atoms with Crippen molar-refractivity contribution in [3.8, 4) is 5.75 Å². The van der Waals surface area contributed by atoms with Crippen LogP contribution in [0.2, 0.25) is 0 Å². The fourth-order valence-electron chi connectivity index (χ4n) is 2.51. The van der Waals surface area contributed by atoms with Crippen molar-refractivity contribution in [2.45, 2.75) is 13.0 Å². The second kappa shape index (κ2) is 8.21. The predicted molar refractivity (Wildman–Crippen MR) is 104 cm³/mol. The number of aliphatic imine (C=N–C) groups is 1. The van der Waals surface area contributed by atoms with Gasteiger partial charge in [0.2, 0.25) is 5.84 Å². The number of nitrogens with one attached hydrogen (secondary N) is 2. The maximum Gasteiger partial charge on any atom is 0.292 e. The number of amidine groups is 1. The van der Waals surface area contributed by atoms with Crippen molar-refractivity contribution in [1.82, 2.24) is 5.43 Å². The van der Waals surface area contributed by atoms with E-state index in [1.807, 2.05) is 6.07 Å². The van der Waals surface area contributed by atoms with Crippen LogP contribution in [-0.2, 0) is 14.4 Å². The lowest BCUT2D eigenvalue weighted by molar-refractivity contribution is -0.121. The average Bonchev–Trinajstić information content (AvgIpc) is 2.69. The number of nitrogens with zero attached hydrogens (tertiary/aromatic N) is 2. The summed E-state index contributed by atoms with van der Waals surface area (Å²) in [5.74, 6) is -1.02. The van der Waals surface area contributed by atoms with E-state index in [1.54, 1.807) is 55.5 Å². The Morgan fingerprint density at radius 1 is 1.21 bits per heavy atom. The minimum absolute atomic E-state index is 0.000546. The zero-order chi connectivity index (χ0) is 20.1. The highest BCUT2D eigenvalue weighted by atomic mass is 16.5. The van der Waals surface area contributed by atoms with Crippen LogP contribution in [0.25, 0.3) is 0 Å². The Kier molecular flexibility index (Phi) is 5.54. The van der Waals surface area contributed by atoms with Gasteiger partial charge in [0.15, 0.2) is 6.61 Å². The molecule has 2 aromatic carbocycles. The first kappa shape index (κ1) is 18.9. The number of amides is 3. The smallest absolute Gasteiger partial charge is 0.292 e. The molecular formula is C19H19N5O4. The molecule has 0 saturated carbocycles. The molecule has 144 valence electrons. The lowest BCUT2D eigenvalue weighted by atomic mass is 10.2.